The number of nitrogens with zero attached hydrogens (tertiary/aromatic N) is 4. The van der Waals surface area contributed by atoms with Crippen LogP contribution in [0.25, 0.3) is 11.0 Å². The summed E-state index contributed by atoms with van der Waals surface area (Å²) in [5.74, 6) is 1.32. The molecule has 1 fully saturated rings. The Kier molecular flexibility index (Phi) is 7.27. The summed E-state index contributed by atoms with van der Waals surface area (Å²) in [7, 11) is 0. The smallest absolute Gasteiger partial charge is 0.317 e. The Hall–Kier alpha value is -2.39. The fourth-order valence-electron chi connectivity index (χ4n) is 3.56. The van der Waals surface area contributed by atoms with Crippen molar-refractivity contribution in [1.82, 2.24) is 24.8 Å². The Balaban J connectivity index is 1.63. The topological polar surface area (TPSA) is 108 Å². The summed E-state index contributed by atoms with van der Waals surface area (Å²) in [4.78, 5) is 23.1. The number of carbonyl (C=O) groups excluding carboxylic acids is 1. The van der Waals surface area contributed by atoms with Crippen LogP contribution in [-0.4, -0.2) is 64.9 Å². The minimum Gasteiger partial charge on any atom is -0.382 e. The standard InChI is InChI=1S/C20H32N6O3/c1-4-28-13-16-24-17-18(14(2)15(3)23-19(17)21)26(16)8-6-5-7-22-20(27)25-9-11-29-12-10-25/h4-13H2,1-3H3,(H2,21,23)(H,22,27). The van der Waals surface area contributed by atoms with Crippen molar-refractivity contribution in [3.05, 3.63) is 17.1 Å². The van der Waals surface area contributed by atoms with E-state index in [-0.39, 0.29) is 6.03 Å². The van der Waals surface area contributed by atoms with Gasteiger partial charge in [0.2, 0.25) is 0 Å². The van der Waals surface area contributed by atoms with E-state index in [0.717, 1.165) is 47.5 Å². The first-order valence-electron chi connectivity index (χ1n) is 10.3. The predicted molar refractivity (Wildman–Crippen MR) is 112 cm³/mol. The Bertz CT molecular complexity index is 845. The van der Waals surface area contributed by atoms with Crippen LogP contribution in [0.15, 0.2) is 0 Å². The molecule has 3 heterocycles. The lowest BCUT2D eigenvalue weighted by molar-refractivity contribution is 0.0532. The van der Waals surface area contributed by atoms with Gasteiger partial charge in [0.1, 0.15) is 17.9 Å². The Morgan fingerprint density at radius 2 is 2.00 bits per heavy atom. The number of pyridine rings is 1. The molecule has 0 atom stereocenters. The molecular weight excluding hydrogens is 372 g/mol. The molecule has 0 aromatic carbocycles. The third kappa shape index (κ3) is 4.97. The number of imidazole rings is 1. The first-order valence-corrected chi connectivity index (χ1v) is 10.3. The van der Waals surface area contributed by atoms with Crippen molar-refractivity contribution >= 4 is 22.9 Å². The van der Waals surface area contributed by atoms with E-state index in [1.54, 1.807) is 4.90 Å². The molecule has 9 heteroatoms. The molecular formula is C20H32N6O3. The highest BCUT2D eigenvalue weighted by atomic mass is 16.5. The molecule has 3 N–H and O–H groups in total. The summed E-state index contributed by atoms with van der Waals surface area (Å²) in [6.45, 7) is 11.0. The molecule has 160 valence electrons. The number of aromatic nitrogens is 3. The minimum absolute atomic E-state index is 0.0104. The molecule has 3 rings (SSSR count). The van der Waals surface area contributed by atoms with Gasteiger partial charge in [0.25, 0.3) is 0 Å². The Morgan fingerprint density at radius 3 is 2.72 bits per heavy atom. The van der Waals surface area contributed by atoms with Crippen LogP contribution in [0, 0.1) is 13.8 Å². The number of nitrogens with two attached hydrogens (primary N) is 1. The van der Waals surface area contributed by atoms with Crippen LogP contribution in [0.1, 0.15) is 36.8 Å². The number of unbranched alkanes of at least 4 members (excludes halogenated alkanes) is 1. The van der Waals surface area contributed by atoms with Gasteiger partial charge in [-0.2, -0.15) is 0 Å². The third-order valence-corrected chi connectivity index (χ3v) is 5.29. The van der Waals surface area contributed by atoms with E-state index in [9.17, 15) is 4.79 Å². The van der Waals surface area contributed by atoms with E-state index in [4.69, 9.17) is 20.2 Å². The SMILES string of the molecule is CCOCc1nc2c(N)nc(C)c(C)c2n1CCCCNC(=O)N1CCOCC1. The van der Waals surface area contributed by atoms with Gasteiger partial charge in [-0.05, 0) is 39.2 Å². The maximum atomic E-state index is 12.2. The zero-order valence-electron chi connectivity index (χ0n) is 17.7. The van der Waals surface area contributed by atoms with E-state index < -0.39 is 0 Å². The van der Waals surface area contributed by atoms with Crippen LogP contribution in [0.4, 0.5) is 10.6 Å². The van der Waals surface area contributed by atoms with E-state index >= 15 is 0 Å². The van der Waals surface area contributed by atoms with E-state index in [1.807, 2.05) is 13.8 Å². The lowest BCUT2D eigenvalue weighted by Gasteiger charge is -2.26. The second-order valence-corrected chi connectivity index (χ2v) is 7.26. The largest absolute Gasteiger partial charge is 0.382 e. The van der Waals surface area contributed by atoms with Gasteiger partial charge in [-0.15, -0.1) is 0 Å². The summed E-state index contributed by atoms with van der Waals surface area (Å²) in [6.07, 6.45) is 1.79. The average Bonchev–Trinajstić information content (AvgIpc) is 3.10. The highest BCUT2D eigenvalue weighted by molar-refractivity contribution is 5.88. The summed E-state index contributed by atoms with van der Waals surface area (Å²) in [5.41, 5.74) is 9.90. The molecule has 2 aromatic heterocycles. The number of hydrogen-bond donors (Lipinski definition) is 2. The van der Waals surface area contributed by atoms with Crippen molar-refractivity contribution < 1.29 is 14.3 Å². The molecule has 1 aliphatic heterocycles. The van der Waals surface area contributed by atoms with Crippen LogP contribution < -0.4 is 11.1 Å². The number of nitrogens with one attached hydrogen (secondary N) is 1. The normalized spacial score (nSPS) is 14.5. The van der Waals surface area contributed by atoms with Crippen molar-refractivity contribution in [2.75, 3.05) is 45.2 Å². The van der Waals surface area contributed by atoms with Crippen molar-refractivity contribution in [1.29, 1.82) is 0 Å². The molecule has 9 nitrogen and oxygen atoms in total. The quantitative estimate of drug-likeness (QED) is 0.652. The first-order chi connectivity index (χ1) is 14.0. The number of anilines is 1. The van der Waals surface area contributed by atoms with Crippen LogP contribution in [-0.2, 0) is 22.6 Å². The summed E-state index contributed by atoms with van der Waals surface area (Å²) < 4.78 is 13.1. The van der Waals surface area contributed by atoms with Gasteiger partial charge in [0, 0.05) is 38.5 Å². The number of nitrogen functional groups attached to an aromatic ring is 1. The van der Waals surface area contributed by atoms with Gasteiger partial charge in [0.15, 0.2) is 5.82 Å². The van der Waals surface area contributed by atoms with Gasteiger partial charge < -0.3 is 30.0 Å². The third-order valence-electron chi connectivity index (χ3n) is 5.29. The lowest BCUT2D eigenvalue weighted by atomic mass is 10.2. The number of morpholine rings is 1. The van der Waals surface area contributed by atoms with Crippen molar-refractivity contribution in [2.45, 2.75) is 46.8 Å². The van der Waals surface area contributed by atoms with Gasteiger partial charge in [0.05, 0.1) is 18.7 Å². The van der Waals surface area contributed by atoms with Gasteiger partial charge >= 0.3 is 6.03 Å². The fourth-order valence-corrected chi connectivity index (χ4v) is 3.56. The van der Waals surface area contributed by atoms with E-state index in [2.05, 4.69) is 21.8 Å². The number of amides is 2. The molecule has 0 aliphatic carbocycles. The summed E-state index contributed by atoms with van der Waals surface area (Å²) in [5, 5.41) is 3.00. The number of rotatable bonds is 8. The second kappa shape index (κ2) is 9.89. The molecule has 0 bridgehead atoms. The van der Waals surface area contributed by atoms with E-state index in [1.165, 1.54) is 0 Å². The van der Waals surface area contributed by atoms with Gasteiger partial charge in [-0.25, -0.2) is 14.8 Å². The van der Waals surface area contributed by atoms with Crippen molar-refractivity contribution in [3.63, 3.8) is 0 Å². The maximum Gasteiger partial charge on any atom is 0.317 e. The Morgan fingerprint density at radius 1 is 1.24 bits per heavy atom. The second-order valence-electron chi connectivity index (χ2n) is 7.26. The van der Waals surface area contributed by atoms with Crippen LogP contribution in [0.2, 0.25) is 0 Å². The molecule has 2 aromatic rings. The summed E-state index contributed by atoms with van der Waals surface area (Å²) in [6, 6.07) is -0.0104. The fraction of sp³-hybridized carbons (Fsp3) is 0.650. The summed E-state index contributed by atoms with van der Waals surface area (Å²) >= 11 is 0. The molecule has 2 amide bonds. The number of fused-ring (bicyclic) bond motifs is 1. The minimum atomic E-state index is -0.0104. The molecule has 29 heavy (non-hydrogen) atoms. The maximum absolute atomic E-state index is 12.2. The number of ether oxygens (including phenoxy) is 2. The van der Waals surface area contributed by atoms with Crippen LogP contribution >= 0.6 is 0 Å². The van der Waals surface area contributed by atoms with Crippen LogP contribution in [0.3, 0.4) is 0 Å². The number of aryl methyl sites for hydroxylation is 3. The van der Waals surface area contributed by atoms with Gasteiger partial charge in [-0.1, -0.05) is 0 Å². The number of hydrogen-bond acceptors (Lipinski definition) is 6. The molecule has 1 aliphatic rings. The highest BCUT2D eigenvalue weighted by Gasteiger charge is 2.18. The lowest BCUT2D eigenvalue weighted by Crippen LogP contribution is -2.46. The van der Waals surface area contributed by atoms with Crippen molar-refractivity contribution in [2.24, 2.45) is 0 Å². The van der Waals surface area contributed by atoms with Crippen molar-refractivity contribution in [3.8, 4) is 0 Å². The predicted octanol–water partition coefficient (Wildman–Crippen LogP) is 1.99. The molecule has 0 saturated carbocycles. The highest BCUT2D eigenvalue weighted by Crippen LogP contribution is 2.26. The monoisotopic (exact) mass is 404 g/mol. The molecule has 1 saturated heterocycles. The molecule has 0 unspecified atom stereocenters. The number of carbonyl (C=O) groups is 1. The van der Waals surface area contributed by atoms with Crippen LogP contribution in [0.5, 0.6) is 0 Å². The molecule has 0 spiro atoms. The Labute approximate surface area is 171 Å². The van der Waals surface area contributed by atoms with Gasteiger partial charge in [-0.3, -0.25) is 0 Å². The molecule has 0 radical (unpaired) electrons. The first kappa shape index (κ1) is 21.3. The van der Waals surface area contributed by atoms with E-state index in [0.29, 0.717) is 51.9 Å². The zero-order valence-corrected chi connectivity index (χ0v) is 17.7. The number of urea groups is 1. The zero-order chi connectivity index (χ0) is 20.8. The average molecular weight is 405 g/mol.